The summed E-state index contributed by atoms with van der Waals surface area (Å²) < 4.78 is 0. The molecule has 3 nitrogen and oxygen atoms in total. The van der Waals surface area contributed by atoms with Gasteiger partial charge in [-0.3, -0.25) is 4.79 Å². The standard InChI is InChI=1S/C12H12O3/c1-7-2-3-8-4-5-9(12(14)15)10(6-13)11(7)8/h4-7H,2-3H2,1H3,(H,14,15). The maximum atomic E-state index is 11.0. The lowest BCUT2D eigenvalue weighted by Gasteiger charge is -2.10. The van der Waals surface area contributed by atoms with E-state index in [0.717, 1.165) is 24.0 Å². The lowest BCUT2D eigenvalue weighted by Crippen LogP contribution is -2.06. The average molecular weight is 204 g/mol. The van der Waals surface area contributed by atoms with Crippen LogP contribution in [0.15, 0.2) is 12.1 Å². The molecule has 1 aromatic carbocycles. The van der Waals surface area contributed by atoms with Crippen LogP contribution in [0.25, 0.3) is 0 Å². The second kappa shape index (κ2) is 3.50. The molecule has 1 unspecified atom stereocenters. The molecule has 1 aliphatic carbocycles. The van der Waals surface area contributed by atoms with Gasteiger partial charge in [-0.2, -0.15) is 0 Å². The molecule has 0 aromatic heterocycles. The highest BCUT2D eigenvalue weighted by atomic mass is 16.4. The van der Waals surface area contributed by atoms with Crippen molar-refractivity contribution in [1.82, 2.24) is 0 Å². The fourth-order valence-corrected chi connectivity index (χ4v) is 2.31. The Labute approximate surface area is 87.7 Å². The van der Waals surface area contributed by atoms with E-state index in [0.29, 0.717) is 17.8 Å². The van der Waals surface area contributed by atoms with Gasteiger partial charge in [0, 0.05) is 5.56 Å². The van der Waals surface area contributed by atoms with Gasteiger partial charge in [0.25, 0.3) is 0 Å². The van der Waals surface area contributed by atoms with Gasteiger partial charge in [-0.15, -0.1) is 0 Å². The molecular formula is C12H12O3. The number of carboxylic acids is 1. The van der Waals surface area contributed by atoms with Crippen molar-refractivity contribution >= 4 is 12.3 Å². The summed E-state index contributed by atoms with van der Waals surface area (Å²) in [5, 5.41) is 8.96. The largest absolute Gasteiger partial charge is 0.478 e. The van der Waals surface area contributed by atoms with E-state index in [4.69, 9.17) is 5.11 Å². The Kier molecular flexibility index (Phi) is 2.31. The van der Waals surface area contributed by atoms with Crippen LogP contribution in [0.1, 0.15) is 51.1 Å². The highest BCUT2D eigenvalue weighted by molar-refractivity contribution is 5.98. The van der Waals surface area contributed by atoms with Crippen molar-refractivity contribution < 1.29 is 14.7 Å². The first-order chi connectivity index (χ1) is 7.15. The van der Waals surface area contributed by atoms with Gasteiger partial charge >= 0.3 is 5.97 Å². The van der Waals surface area contributed by atoms with E-state index in [1.54, 1.807) is 0 Å². The number of aldehydes is 1. The van der Waals surface area contributed by atoms with Crippen molar-refractivity contribution in [2.45, 2.75) is 25.7 Å². The number of hydrogen-bond donors (Lipinski definition) is 1. The Hall–Kier alpha value is -1.64. The minimum atomic E-state index is -1.03. The highest BCUT2D eigenvalue weighted by Gasteiger charge is 2.25. The summed E-state index contributed by atoms with van der Waals surface area (Å²) >= 11 is 0. The topological polar surface area (TPSA) is 54.4 Å². The van der Waals surface area contributed by atoms with Crippen LogP contribution in [-0.2, 0) is 6.42 Å². The third-order valence-corrected chi connectivity index (χ3v) is 3.07. The summed E-state index contributed by atoms with van der Waals surface area (Å²) in [6, 6.07) is 3.36. The molecule has 0 heterocycles. The molecular weight excluding hydrogens is 192 g/mol. The molecule has 78 valence electrons. The van der Waals surface area contributed by atoms with E-state index in [9.17, 15) is 9.59 Å². The molecule has 15 heavy (non-hydrogen) atoms. The van der Waals surface area contributed by atoms with E-state index in [1.807, 2.05) is 13.0 Å². The number of benzene rings is 1. The summed E-state index contributed by atoms with van der Waals surface area (Å²) in [4.78, 5) is 21.9. The Balaban J connectivity index is 2.68. The van der Waals surface area contributed by atoms with E-state index in [2.05, 4.69) is 0 Å². The van der Waals surface area contributed by atoms with Gasteiger partial charge in [-0.25, -0.2) is 4.79 Å². The van der Waals surface area contributed by atoms with Crippen molar-refractivity contribution in [2.24, 2.45) is 0 Å². The summed E-state index contributed by atoms with van der Waals surface area (Å²) in [5.74, 6) is -0.738. The Morgan fingerprint density at radius 3 is 2.87 bits per heavy atom. The second-order valence-corrected chi connectivity index (χ2v) is 3.96. The second-order valence-electron chi connectivity index (χ2n) is 3.96. The first kappa shape index (κ1) is 9.90. The highest BCUT2D eigenvalue weighted by Crippen LogP contribution is 2.35. The number of hydrogen-bond acceptors (Lipinski definition) is 2. The van der Waals surface area contributed by atoms with Gasteiger partial charge in [0.05, 0.1) is 5.56 Å². The van der Waals surface area contributed by atoms with Gasteiger partial charge in [0.15, 0.2) is 6.29 Å². The van der Waals surface area contributed by atoms with Gasteiger partial charge < -0.3 is 5.11 Å². The Morgan fingerprint density at radius 2 is 2.27 bits per heavy atom. The van der Waals surface area contributed by atoms with Crippen LogP contribution in [0.5, 0.6) is 0 Å². The van der Waals surface area contributed by atoms with E-state index in [1.165, 1.54) is 6.07 Å². The summed E-state index contributed by atoms with van der Waals surface area (Å²) in [6.07, 6.45) is 2.61. The molecule has 0 spiro atoms. The molecule has 0 saturated heterocycles. The predicted octanol–water partition coefficient (Wildman–Crippen LogP) is 2.25. The van der Waals surface area contributed by atoms with Crippen molar-refractivity contribution in [1.29, 1.82) is 0 Å². The van der Waals surface area contributed by atoms with Crippen LogP contribution in [0.3, 0.4) is 0 Å². The molecule has 0 bridgehead atoms. The maximum absolute atomic E-state index is 11.0. The summed E-state index contributed by atoms with van der Waals surface area (Å²) in [5.41, 5.74) is 2.54. The minimum Gasteiger partial charge on any atom is -0.478 e. The van der Waals surface area contributed by atoms with Crippen molar-refractivity contribution in [3.8, 4) is 0 Å². The fraction of sp³-hybridized carbons (Fsp3) is 0.333. The number of carbonyl (C=O) groups excluding carboxylic acids is 1. The number of carbonyl (C=O) groups is 2. The zero-order chi connectivity index (χ0) is 11.0. The van der Waals surface area contributed by atoms with E-state index in [-0.39, 0.29) is 5.56 Å². The number of rotatable bonds is 2. The fourth-order valence-electron chi connectivity index (χ4n) is 2.31. The van der Waals surface area contributed by atoms with Crippen LogP contribution >= 0.6 is 0 Å². The first-order valence-corrected chi connectivity index (χ1v) is 4.99. The lowest BCUT2D eigenvalue weighted by molar-refractivity contribution is 0.0694. The smallest absolute Gasteiger partial charge is 0.336 e. The number of aryl methyl sites for hydroxylation is 1. The number of carboxylic acid groups (broad SMARTS) is 1. The quantitative estimate of drug-likeness (QED) is 0.751. The number of aromatic carboxylic acids is 1. The summed E-state index contributed by atoms with van der Waals surface area (Å²) in [7, 11) is 0. The van der Waals surface area contributed by atoms with Gasteiger partial charge in [-0.1, -0.05) is 13.0 Å². The molecule has 0 saturated carbocycles. The molecule has 1 atom stereocenters. The normalized spacial score (nSPS) is 18.6. The van der Waals surface area contributed by atoms with E-state index >= 15 is 0 Å². The molecule has 2 rings (SSSR count). The zero-order valence-corrected chi connectivity index (χ0v) is 8.49. The van der Waals surface area contributed by atoms with Crippen LogP contribution in [-0.4, -0.2) is 17.4 Å². The molecule has 0 fully saturated rings. The zero-order valence-electron chi connectivity index (χ0n) is 8.49. The molecule has 1 N–H and O–H groups in total. The third kappa shape index (κ3) is 1.44. The number of fused-ring (bicyclic) bond motifs is 1. The third-order valence-electron chi connectivity index (χ3n) is 3.07. The SMILES string of the molecule is CC1CCc2ccc(C(=O)O)c(C=O)c21. The van der Waals surface area contributed by atoms with Crippen molar-refractivity contribution in [3.63, 3.8) is 0 Å². The molecule has 1 aliphatic rings. The monoisotopic (exact) mass is 204 g/mol. The van der Waals surface area contributed by atoms with Crippen molar-refractivity contribution in [3.05, 3.63) is 34.4 Å². The molecule has 1 aromatic rings. The van der Waals surface area contributed by atoms with Crippen LogP contribution < -0.4 is 0 Å². The van der Waals surface area contributed by atoms with E-state index < -0.39 is 5.97 Å². The summed E-state index contributed by atoms with van der Waals surface area (Å²) in [6.45, 7) is 2.03. The first-order valence-electron chi connectivity index (χ1n) is 4.99. The van der Waals surface area contributed by atoms with Crippen LogP contribution in [0.2, 0.25) is 0 Å². The van der Waals surface area contributed by atoms with Gasteiger partial charge in [0.2, 0.25) is 0 Å². The molecule has 0 radical (unpaired) electrons. The lowest BCUT2D eigenvalue weighted by atomic mass is 9.94. The maximum Gasteiger partial charge on any atom is 0.336 e. The minimum absolute atomic E-state index is 0.123. The van der Waals surface area contributed by atoms with Crippen molar-refractivity contribution in [2.75, 3.05) is 0 Å². The average Bonchev–Trinajstić information content (AvgIpc) is 2.59. The molecule has 0 amide bonds. The molecule has 3 heteroatoms. The Bertz CT molecular complexity index is 435. The van der Waals surface area contributed by atoms with Crippen LogP contribution in [0.4, 0.5) is 0 Å². The van der Waals surface area contributed by atoms with Gasteiger partial charge in [0.1, 0.15) is 0 Å². The van der Waals surface area contributed by atoms with Gasteiger partial charge in [-0.05, 0) is 36.0 Å². The van der Waals surface area contributed by atoms with Crippen LogP contribution in [0, 0.1) is 0 Å². The molecule has 0 aliphatic heterocycles. The predicted molar refractivity (Wildman–Crippen MR) is 55.5 cm³/mol. The Morgan fingerprint density at radius 1 is 1.53 bits per heavy atom.